The lowest BCUT2D eigenvalue weighted by atomic mass is 10.1. The number of imide groups is 1. The van der Waals surface area contributed by atoms with Crippen molar-refractivity contribution in [1.82, 2.24) is 10.2 Å². The summed E-state index contributed by atoms with van der Waals surface area (Å²) >= 11 is 0. The van der Waals surface area contributed by atoms with Crippen LogP contribution in [0.3, 0.4) is 0 Å². The van der Waals surface area contributed by atoms with E-state index in [1.165, 1.54) is 0 Å². The molecule has 1 aromatic rings. The molecule has 1 N–H and O–H groups in total. The smallest absolute Gasteiger partial charge is 0.417 e. The molecule has 0 saturated carbocycles. The predicted octanol–water partition coefficient (Wildman–Crippen LogP) is 0.0915. The summed E-state index contributed by atoms with van der Waals surface area (Å²) in [5, 5.41) is 2.55. The highest BCUT2D eigenvalue weighted by Gasteiger charge is 2.42. The molecule has 2 aliphatic rings. The van der Waals surface area contributed by atoms with Gasteiger partial charge in [0.15, 0.2) is 6.10 Å². The Morgan fingerprint density at radius 2 is 2.05 bits per heavy atom. The Kier molecular flexibility index (Phi) is 4.06. The van der Waals surface area contributed by atoms with Crippen molar-refractivity contribution in [1.29, 1.82) is 0 Å². The summed E-state index contributed by atoms with van der Waals surface area (Å²) in [5.74, 6) is -0.739. The second-order valence-corrected chi connectivity index (χ2v) is 5.23. The maximum absolute atomic E-state index is 12.5. The van der Waals surface area contributed by atoms with E-state index in [1.807, 2.05) is 30.3 Å². The standard InChI is InChI=1S/C15H16N2O5/c18-13-9-21-12(7-16-13)14(19)17-11(8-22-15(17)20)6-10-4-2-1-3-5-10/h1-5,11-12H,6-9H2,(H,16,18)/t11?,12-/m1/s1. The number of benzene rings is 1. The van der Waals surface area contributed by atoms with Crippen LogP contribution in [0.15, 0.2) is 30.3 Å². The van der Waals surface area contributed by atoms with Crippen LogP contribution in [0.25, 0.3) is 0 Å². The summed E-state index contributed by atoms with van der Waals surface area (Å²) in [6.07, 6.45) is -0.981. The zero-order chi connectivity index (χ0) is 15.5. The molecule has 1 unspecified atom stereocenters. The van der Waals surface area contributed by atoms with Crippen LogP contribution >= 0.6 is 0 Å². The van der Waals surface area contributed by atoms with Gasteiger partial charge in [-0.25, -0.2) is 9.69 Å². The highest BCUT2D eigenvalue weighted by molar-refractivity contribution is 5.97. The molecule has 3 rings (SSSR count). The van der Waals surface area contributed by atoms with E-state index in [1.54, 1.807) is 0 Å². The quantitative estimate of drug-likeness (QED) is 0.855. The fourth-order valence-corrected chi connectivity index (χ4v) is 2.57. The van der Waals surface area contributed by atoms with Gasteiger partial charge in [0.2, 0.25) is 5.91 Å². The zero-order valence-corrected chi connectivity index (χ0v) is 11.9. The van der Waals surface area contributed by atoms with Crippen molar-refractivity contribution in [2.75, 3.05) is 19.8 Å². The number of ether oxygens (including phenoxy) is 2. The van der Waals surface area contributed by atoms with Crippen molar-refractivity contribution in [3.63, 3.8) is 0 Å². The van der Waals surface area contributed by atoms with E-state index in [9.17, 15) is 14.4 Å². The Labute approximate surface area is 127 Å². The van der Waals surface area contributed by atoms with Crippen LogP contribution in [0, 0.1) is 0 Å². The van der Waals surface area contributed by atoms with Gasteiger partial charge in [-0.05, 0) is 12.0 Å². The van der Waals surface area contributed by atoms with Crippen molar-refractivity contribution in [3.05, 3.63) is 35.9 Å². The third kappa shape index (κ3) is 2.94. The molecule has 0 aromatic heterocycles. The van der Waals surface area contributed by atoms with Crippen molar-refractivity contribution in [2.45, 2.75) is 18.6 Å². The maximum atomic E-state index is 12.5. The lowest BCUT2D eigenvalue weighted by molar-refractivity contribution is -0.149. The molecule has 2 heterocycles. The van der Waals surface area contributed by atoms with Crippen LogP contribution in [0.2, 0.25) is 0 Å². The van der Waals surface area contributed by atoms with Crippen LogP contribution in [-0.2, 0) is 25.5 Å². The number of rotatable bonds is 3. The SMILES string of the molecule is O=C1CO[C@@H](C(=O)N2C(=O)OCC2Cc2ccccc2)CN1. The van der Waals surface area contributed by atoms with Crippen molar-refractivity contribution < 1.29 is 23.9 Å². The third-order valence-electron chi connectivity index (χ3n) is 3.69. The zero-order valence-electron chi connectivity index (χ0n) is 11.9. The van der Waals surface area contributed by atoms with E-state index in [2.05, 4.69) is 5.32 Å². The fourth-order valence-electron chi connectivity index (χ4n) is 2.57. The van der Waals surface area contributed by atoms with E-state index < -0.39 is 18.1 Å². The molecule has 3 amide bonds. The lowest BCUT2D eigenvalue weighted by Crippen LogP contribution is -2.53. The van der Waals surface area contributed by atoms with Gasteiger partial charge in [-0.2, -0.15) is 0 Å². The molecule has 7 heteroatoms. The highest BCUT2D eigenvalue weighted by atomic mass is 16.6. The minimum Gasteiger partial charge on any atom is -0.447 e. The van der Waals surface area contributed by atoms with Gasteiger partial charge in [0.1, 0.15) is 13.2 Å². The van der Waals surface area contributed by atoms with Crippen molar-refractivity contribution in [2.24, 2.45) is 0 Å². The first-order chi connectivity index (χ1) is 10.6. The molecule has 2 saturated heterocycles. The second-order valence-electron chi connectivity index (χ2n) is 5.23. The Hall–Kier alpha value is -2.41. The van der Waals surface area contributed by atoms with Gasteiger partial charge in [0, 0.05) is 0 Å². The summed E-state index contributed by atoms with van der Waals surface area (Å²) < 4.78 is 10.2. The summed E-state index contributed by atoms with van der Waals surface area (Å²) in [7, 11) is 0. The minimum atomic E-state index is -0.846. The molecule has 1 aromatic carbocycles. The number of nitrogens with zero attached hydrogens (tertiary/aromatic N) is 1. The number of cyclic esters (lactones) is 1. The summed E-state index contributed by atoms with van der Waals surface area (Å²) in [6.45, 7) is 0.0562. The average Bonchev–Trinajstić information content (AvgIpc) is 2.89. The second kappa shape index (κ2) is 6.15. The first kappa shape index (κ1) is 14.5. The van der Waals surface area contributed by atoms with Gasteiger partial charge >= 0.3 is 6.09 Å². The highest BCUT2D eigenvalue weighted by Crippen LogP contribution is 2.19. The first-order valence-electron chi connectivity index (χ1n) is 7.07. The normalized spacial score (nSPS) is 24.8. The van der Waals surface area contributed by atoms with Gasteiger partial charge in [-0.3, -0.25) is 9.59 Å². The van der Waals surface area contributed by atoms with E-state index >= 15 is 0 Å². The molecule has 2 atom stereocenters. The fraction of sp³-hybridized carbons (Fsp3) is 0.400. The molecule has 0 aliphatic carbocycles. The van der Waals surface area contributed by atoms with Crippen LogP contribution < -0.4 is 5.32 Å². The van der Waals surface area contributed by atoms with Gasteiger partial charge < -0.3 is 14.8 Å². The van der Waals surface area contributed by atoms with E-state index in [0.717, 1.165) is 10.5 Å². The van der Waals surface area contributed by atoms with Gasteiger partial charge in [-0.1, -0.05) is 30.3 Å². The number of hydrogen-bond acceptors (Lipinski definition) is 5. The van der Waals surface area contributed by atoms with Crippen LogP contribution in [-0.4, -0.2) is 54.7 Å². The summed E-state index contributed by atoms with van der Waals surface area (Å²) in [6, 6.07) is 9.22. The lowest BCUT2D eigenvalue weighted by Gasteiger charge is -2.27. The van der Waals surface area contributed by atoms with E-state index in [-0.39, 0.29) is 31.7 Å². The third-order valence-corrected chi connectivity index (χ3v) is 3.69. The van der Waals surface area contributed by atoms with E-state index in [0.29, 0.717) is 6.42 Å². The maximum Gasteiger partial charge on any atom is 0.417 e. The molecule has 22 heavy (non-hydrogen) atoms. The molecular formula is C15H16N2O5. The first-order valence-corrected chi connectivity index (χ1v) is 7.07. The molecule has 0 bridgehead atoms. The minimum absolute atomic E-state index is 0.0690. The van der Waals surface area contributed by atoms with Crippen LogP contribution in [0.4, 0.5) is 4.79 Å². The molecule has 2 aliphatic heterocycles. The number of hydrogen-bond donors (Lipinski definition) is 1. The molecule has 7 nitrogen and oxygen atoms in total. The van der Waals surface area contributed by atoms with Gasteiger partial charge in [-0.15, -0.1) is 0 Å². The Bertz CT molecular complexity index is 579. The Morgan fingerprint density at radius 1 is 1.27 bits per heavy atom. The van der Waals surface area contributed by atoms with Crippen molar-refractivity contribution >= 4 is 17.9 Å². The Balaban J connectivity index is 1.70. The number of carbonyl (C=O) groups is 3. The molecule has 116 valence electrons. The number of nitrogens with one attached hydrogen (secondary N) is 1. The molecule has 0 spiro atoms. The molecule has 2 fully saturated rings. The van der Waals surface area contributed by atoms with Crippen LogP contribution in [0.5, 0.6) is 0 Å². The topological polar surface area (TPSA) is 84.9 Å². The number of carbonyl (C=O) groups excluding carboxylic acids is 3. The summed E-state index contributed by atoms with van der Waals surface area (Å²) in [5.41, 5.74) is 1.02. The van der Waals surface area contributed by atoms with Gasteiger partial charge in [0.05, 0.1) is 12.6 Å². The predicted molar refractivity (Wildman–Crippen MR) is 74.9 cm³/mol. The monoisotopic (exact) mass is 304 g/mol. The number of amides is 3. The van der Waals surface area contributed by atoms with Crippen molar-refractivity contribution in [3.8, 4) is 0 Å². The number of morpholine rings is 1. The Morgan fingerprint density at radius 3 is 2.73 bits per heavy atom. The van der Waals surface area contributed by atoms with E-state index in [4.69, 9.17) is 9.47 Å². The molecule has 0 radical (unpaired) electrons. The largest absolute Gasteiger partial charge is 0.447 e. The van der Waals surface area contributed by atoms with Gasteiger partial charge in [0.25, 0.3) is 5.91 Å². The average molecular weight is 304 g/mol. The van der Waals surface area contributed by atoms with Crippen LogP contribution in [0.1, 0.15) is 5.56 Å². The molecular weight excluding hydrogens is 288 g/mol. The summed E-state index contributed by atoms with van der Waals surface area (Å²) in [4.78, 5) is 36.5.